The number of amides is 1. The second-order valence-corrected chi connectivity index (χ2v) is 6.07. The lowest BCUT2D eigenvalue weighted by Gasteiger charge is -2.09. The molecular weight excluding hydrogens is 369 g/mol. The average Bonchev–Trinajstić information content (AvgIpc) is 3.15. The van der Waals surface area contributed by atoms with Crippen molar-refractivity contribution in [2.24, 2.45) is 7.05 Å². The first kappa shape index (κ1) is 19.1. The molecule has 10 heteroatoms. The Labute approximate surface area is 159 Å². The van der Waals surface area contributed by atoms with E-state index in [1.807, 2.05) is 0 Å². The number of carbonyl (C=O) groups excluding carboxylic acids is 1. The molecule has 2 aromatic heterocycles. The fourth-order valence-electron chi connectivity index (χ4n) is 2.73. The third-order valence-electron chi connectivity index (χ3n) is 4.15. The molecule has 28 heavy (non-hydrogen) atoms. The number of hydrogen-bond acceptors (Lipinski definition) is 5. The number of nitrogens with zero attached hydrogens (tertiary/aromatic N) is 4. The van der Waals surface area contributed by atoms with Crippen molar-refractivity contribution in [3.8, 4) is 5.75 Å². The maximum atomic E-state index is 13.2. The maximum Gasteiger partial charge on any atom is 0.339 e. The Balaban J connectivity index is 1.79. The zero-order chi connectivity index (χ0) is 20.4. The Hall–Kier alpha value is -3.69. The van der Waals surface area contributed by atoms with Gasteiger partial charge < -0.3 is 15.2 Å². The first-order valence-electron chi connectivity index (χ1n) is 8.27. The molecule has 0 saturated heterocycles. The Bertz CT molecular complexity index is 1060. The number of aromatic carboxylic acids is 1. The van der Waals surface area contributed by atoms with Crippen LogP contribution in [0.2, 0.25) is 0 Å². The molecule has 0 aliphatic carbocycles. The number of aromatic nitrogens is 4. The van der Waals surface area contributed by atoms with E-state index in [9.17, 15) is 19.1 Å². The molecule has 146 valence electrons. The molecule has 3 rings (SSSR count). The molecule has 2 N–H and O–H groups in total. The minimum atomic E-state index is -1.24. The standard InChI is InChI=1S/C18H18FN5O4/c1-10-15(21-17(25)16-14(18(26)27)8-20-23(16)3)11(2)24(22-10)9-28-13-6-4-5-12(19)7-13/h4-8H,9H2,1-3H3,(H,21,25)(H,26,27). The Morgan fingerprint density at radius 3 is 2.75 bits per heavy atom. The number of carboxylic acid groups (broad SMARTS) is 1. The van der Waals surface area contributed by atoms with Gasteiger partial charge in [-0.1, -0.05) is 6.07 Å². The van der Waals surface area contributed by atoms with Crippen molar-refractivity contribution in [2.75, 3.05) is 5.32 Å². The van der Waals surface area contributed by atoms with Gasteiger partial charge in [0.1, 0.15) is 22.8 Å². The van der Waals surface area contributed by atoms with Crippen molar-refractivity contribution >= 4 is 17.6 Å². The summed E-state index contributed by atoms with van der Waals surface area (Å²) >= 11 is 0. The monoisotopic (exact) mass is 387 g/mol. The minimum Gasteiger partial charge on any atom is -0.478 e. The largest absolute Gasteiger partial charge is 0.478 e. The summed E-state index contributed by atoms with van der Waals surface area (Å²) < 4.78 is 21.5. The lowest BCUT2D eigenvalue weighted by atomic mass is 10.2. The van der Waals surface area contributed by atoms with Crippen LogP contribution in [0.5, 0.6) is 5.75 Å². The second kappa shape index (κ2) is 7.51. The Kier molecular flexibility index (Phi) is 5.12. The van der Waals surface area contributed by atoms with Crippen molar-refractivity contribution in [3.05, 3.63) is 58.9 Å². The highest BCUT2D eigenvalue weighted by Gasteiger charge is 2.23. The van der Waals surface area contributed by atoms with Crippen LogP contribution in [0.4, 0.5) is 10.1 Å². The highest BCUT2D eigenvalue weighted by atomic mass is 19.1. The van der Waals surface area contributed by atoms with E-state index in [0.717, 1.165) is 6.20 Å². The lowest BCUT2D eigenvalue weighted by molar-refractivity contribution is 0.0692. The van der Waals surface area contributed by atoms with Crippen LogP contribution in [0.1, 0.15) is 32.2 Å². The molecule has 0 fully saturated rings. The number of halogens is 1. The smallest absolute Gasteiger partial charge is 0.339 e. The maximum absolute atomic E-state index is 13.2. The quantitative estimate of drug-likeness (QED) is 0.672. The highest BCUT2D eigenvalue weighted by Crippen LogP contribution is 2.22. The fourth-order valence-corrected chi connectivity index (χ4v) is 2.73. The summed E-state index contributed by atoms with van der Waals surface area (Å²) in [6.07, 6.45) is 1.12. The third kappa shape index (κ3) is 3.70. The number of aryl methyl sites for hydroxylation is 2. The number of rotatable bonds is 6. The SMILES string of the molecule is Cc1nn(COc2cccc(F)c2)c(C)c1NC(=O)c1c(C(=O)O)cnn1C. The molecule has 0 bridgehead atoms. The Morgan fingerprint density at radius 2 is 2.07 bits per heavy atom. The van der Waals surface area contributed by atoms with Gasteiger partial charge in [-0.3, -0.25) is 9.48 Å². The summed E-state index contributed by atoms with van der Waals surface area (Å²) in [4.78, 5) is 23.9. The molecular formula is C18H18FN5O4. The molecule has 0 aliphatic heterocycles. The normalized spacial score (nSPS) is 10.7. The van der Waals surface area contributed by atoms with Crippen LogP contribution in [0.25, 0.3) is 0 Å². The summed E-state index contributed by atoms with van der Waals surface area (Å²) in [6.45, 7) is 3.44. The molecule has 0 unspecified atom stereocenters. The van der Waals surface area contributed by atoms with Crippen molar-refractivity contribution < 1.29 is 23.8 Å². The molecule has 9 nitrogen and oxygen atoms in total. The topological polar surface area (TPSA) is 111 Å². The van der Waals surface area contributed by atoms with E-state index < -0.39 is 17.7 Å². The van der Waals surface area contributed by atoms with E-state index >= 15 is 0 Å². The van der Waals surface area contributed by atoms with Gasteiger partial charge in [0.25, 0.3) is 5.91 Å². The van der Waals surface area contributed by atoms with Gasteiger partial charge in [-0.05, 0) is 26.0 Å². The van der Waals surface area contributed by atoms with E-state index in [-0.39, 0.29) is 18.0 Å². The van der Waals surface area contributed by atoms with Crippen LogP contribution < -0.4 is 10.1 Å². The van der Waals surface area contributed by atoms with Crippen LogP contribution in [-0.2, 0) is 13.8 Å². The fraction of sp³-hybridized carbons (Fsp3) is 0.222. The van der Waals surface area contributed by atoms with Gasteiger partial charge in [-0.2, -0.15) is 10.2 Å². The van der Waals surface area contributed by atoms with E-state index in [4.69, 9.17) is 4.74 Å². The second-order valence-electron chi connectivity index (χ2n) is 6.07. The van der Waals surface area contributed by atoms with E-state index in [2.05, 4.69) is 15.5 Å². The molecule has 1 amide bonds. The summed E-state index contributed by atoms with van der Waals surface area (Å²) in [5.41, 5.74) is 1.28. The number of nitrogens with one attached hydrogen (secondary N) is 1. The minimum absolute atomic E-state index is 0.0120. The van der Waals surface area contributed by atoms with E-state index in [1.165, 1.54) is 34.6 Å². The van der Waals surface area contributed by atoms with Gasteiger partial charge in [0.15, 0.2) is 6.73 Å². The number of hydrogen-bond donors (Lipinski definition) is 2. The molecule has 0 spiro atoms. The summed E-state index contributed by atoms with van der Waals surface area (Å²) in [5, 5.41) is 20.0. The summed E-state index contributed by atoms with van der Waals surface area (Å²) in [6, 6.07) is 5.72. The van der Waals surface area contributed by atoms with E-state index in [1.54, 1.807) is 19.9 Å². The number of carboxylic acids is 1. The van der Waals surface area contributed by atoms with Crippen LogP contribution >= 0.6 is 0 Å². The number of benzene rings is 1. The third-order valence-corrected chi connectivity index (χ3v) is 4.15. The van der Waals surface area contributed by atoms with Crippen molar-refractivity contribution in [1.82, 2.24) is 19.6 Å². The van der Waals surface area contributed by atoms with Gasteiger partial charge in [-0.25, -0.2) is 13.9 Å². The van der Waals surface area contributed by atoms with Crippen molar-refractivity contribution in [1.29, 1.82) is 0 Å². The van der Waals surface area contributed by atoms with Crippen molar-refractivity contribution in [3.63, 3.8) is 0 Å². The molecule has 0 aliphatic rings. The first-order chi connectivity index (χ1) is 13.3. The number of carbonyl (C=O) groups is 2. The summed E-state index contributed by atoms with van der Waals surface area (Å²) in [7, 11) is 1.48. The van der Waals surface area contributed by atoms with Gasteiger partial charge in [0, 0.05) is 13.1 Å². The van der Waals surface area contributed by atoms with Gasteiger partial charge >= 0.3 is 5.97 Å². The predicted octanol–water partition coefficient (Wildman–Crippen LogP) is 2.36. The molecule has 3 aromatic rings. The van der Waals surface area contributed by atoms with Crippen molar-refractivity contribution in [2.45, 2.75) is 20.6 Å². The Morgan fingerprint density at radius 1 is 1.32 bits per heavy atom. The number of ether oxygens (including phenoxy) is 1. The molecule has 0 saturated carbocycles. The first-order valence-corrected chi connectivity index (χ1v) is 8.27. The predicted molar refractivity (Wildman–Crippen MR) is 96.8 cm³/mol. The van der Waals surface area contributed by atoms with Crippen LogP contribution in [0.15, 0.2) is 30.5 Å². The van der Waals surface area contributed by atoms with Crippen LogP contribution in [0.3, 0.4) is 0 Å². The van der Waals surface area contributed by atoms with Crippen LogP contribution in [-0.4, -0.2) is 36.5 Å². The van der Waals surface area contributed by atoms with Gasteiger partial charge in [0.05, 0.1) is 23.3 Å². The zero-order valence-corrected chi connectivity index (χ0v) is 15.4. The molecule has 1 aromatic carbocycles. The zero-order valence-electron chi connectivity index (χ0n) is 15.4. The van der Waals surface area contributed by atoms with Gasteiger partial charge in [0.2, 0.25) is 0 Å². The van der Waals surface area contributed by atoms with Gasteiger partial charge in [-0.15, -0.1) is 0 Å². The van der Waals surface area contributed by atoms with Crippen LogP contribution in [0, 0.1) is 19.7 Å². The summed E-state index contributed by atoms with van der Waals surface area (Å²) in [5.74, 6) is -1.93. The lowest BCUT2D eigenvalue weighted by Crippen LogP contribution is -2.20. The molecule has 0 radical (unpaired) electrons. The number of anilines is 1. The highest BCUT2D eigenvalue weighted by molar-refractivity contribution is 6.09. The average molecular weight is 387 g/mol. The molecule has 2 heterocycles. The molecule has 0 atom stereocenters. The van der Waals surface area contributed by atoms with E-state index in [0.29, 0.717) is 22.8 Å².